The van der Waals surface area contributed by atoms with Crippen molar-refractivity contribution in [2.75, 3.05) is 36.0 Å². The number of anilines is 2. The normalized spacial score (nSPS) is 20.2. The molecule has 3 rings (SSSR count). The second-order valence-electron chi connectivity index (χ2n) is 6.34. The molecule has 3 heterocycles. The summed E-state index contributed by atoms with van der Waals surface area (Å²) in [4.78, 5) is 23.9. The molecule has 2 aliphatic heterocycles. The fourth-order valence-corrected chi connectivity index (χ4v) is 3.31. The van der Waals surface area contributed by atoms with Crippen LogP contribution in [-0.2, 0) is 0 Å². The highest BCUT2D eigenvalue weighted by Crippen LogP contribution is 2.36. The zero-order chi connectivity index (χ0) is 15.5. The van der Waals surface area contributed by atoms with Crippen molar-refractivity contribution in [3.05, 3.63) is 16.4 Å². The Hall–Kier alpha value is -1.92. The Kier molecular flexibility index (Phi) is 4.40. The maximum atomic E-state index is 11.7. The molecule has 0 amide bonds. The van der Waals surface area contributed by atoms with Crippen LogP contribution in [-0.4, -0.2) is 41.1 Å². The first-order valence-corrected chi connectivity index (χ1v) is 8.16. The van der Waals surface area contributed by atoms with Crippen molar-refractivity contribution in [2.45, 2.75) is 39.0 Å². The molecule has 2 fully saturated rings. The molecule has 120 valence electrons. The Morgan fingerprint density at radius 3 is 2.14 bits per heavy atom. The number of hydrogen-bond acceptors (Lipinski definition) is 6. The average molecular weight is 305 g/mol. The minimum atomic E-state index is -0.308. The van der Waals surface area contributed by atoms with Crippen LogP contribution in [0.3, 0.4) is 0 Å². The lowest BCUT2D eigenvalue weighted by Gasteiger charge is -2.32. The Balaban J connectivity index is 1.94. The van der Waals surface area contributed by atoms with Crippen molar-refractivity contribution in [2.24, 2.45) is 5.92 Å². The highest BCUT2D eigenvalue weighted by molar-refractivity contribution is 5.71. The maximum Gasteiger partial charge on any atom is 0.353 e. The summed E-state index contributed by atoms with van der Waals surface area (Å²) in [6, 6.07) is 0. The van der Waals surface area contributed by atoms with E-state index in [0.717, 1.165) is 51.9 Å². The third-order valence-corrected chi connectivity index (χ3v) is 4.70. The van der Waals surface area contributed by atoms with Gasteiger partial charge < -0.3 is 9.80 Å². The molecule has 7 nitrogen and oxygen atoms in total. The molecular weight excluding hydrogens is 282 g/mol. The summed E-state index contributed by atoms with van der Waals surface area (Å²) in [7, 11) is 0. The smallest absolute Gasteiger partial charge is 0.351 e. The lowest BCUT2D eigenvalue weighted by molar-refractivity contribution is -0.383. The minimum absolute atomic E-state index is 0.0824. The number of nitro groups is 1. The quantitative estimate of drug-likeness (QED) is 0.631. The lowest BCUT2D eigenvalue weighted by Crippen LogP contribution is -2.35. The van der Waals surface area contributed by atoms with Gasteiger partial charge in [-0.15, -0.1) is 0 Å². The fourth-order valence-electron chi connectivity index (χ4n) is 3.31. The molecule has 0 aliphatic carbocycles. The van der Waals surface area contributed by atoms with E-state index in [1.165, 1.54) is 12.7 Å². The molecule has 0 aromatic carbocycles. The van der Waals surface area contributed by atoms with Gasteiger partial charge in [0.15, 0.2) is 0 Å². The zero-order valence-corrected chi connectivity index (χ0v) is 13.1. The minimum Gasteiger partial charge on any atom is -0.351 e. The van der Waals surface area contributed by atoms with E-state index in [0.29, 0.717) is 17.6 Å². The van der Waals surface area contributed by atoms with Crippen molar-refractivity contribution < 1.29 is 4.92 Å². The van der Waals surface area contributed by atoms with Crippen LogP contribution in [0.4, 0.5) is 17.3 Å². The van der Waals surface area contributed by atoms with Crippen LogP contribution < -0.4 is 9.80 Å². The molecule has 1 aromatic heterocycles. The summed E-state index contributed by atoms with van der Waals surface area (Å²) in [6.07, 6.45) is 6.91. The van der Waals surface area contributed by atoms with Crippen LogP contribution in [0.25, 0.3) is 0 Å². The van der Waals surface area contributed by atoms with Gasteiger partial charge in [0.05, 0.1) is 4.92 Å². The fraction of sp³-hybridized carbons (Fsp3) is 0.733. The summed E-state index contributed by atoms with van der Waals surface area (Å²) in [5, 5.41) is 11.7. The summed E-state index contributed by atoms with van der Waals surface area (Å²) in [5.74, 6) is 1.67. The second-order valence-corrected chi connectivity index (χ2v) is 6.34. The summed E-state index contributed by atoms with van der Waals surface area (Å²) in [5.41, 5.74) is 0.0824. The maximum absolute atomic E-state index is 11.7. The summed E-state index contributed by atoms with van der Waals surface area (Å²) >= 11 is 0. The van der Waals surface area contributed by atoms with Gasteiger partial charge in [0.1, 0.15) is 6.33 Å². The van der Waals surface area contributed by atoms with Crippen LogP contribution in [0.5, 0.6) is 0 Å². The molecule has 2 aliphatic rings. The molecular formula is C15H23N5O2. The molecule has 0 radical (unpaired) electrons. The standard InChI is InChI=1S/C15H23N5O2/c1-12-5-9-19(10-6-12)15-13(20(21)22)14(16-11-17-15)18-7-3-2-4-8-18/h11-12H,2-10H2,1H3. The summed E-state index contributed by atoms with van der Waals surface area (Å²) < 4.78 is 0. The van der Waals surface area contributed by atoms with E-state index < -0.39 is 0 Å². The van der Waals surface area contributed by atoms with E-state index in [4.69, 9.17) is 0 Å². The highest BCUT2D eigenvalue weighted by Gasteiger charge is 2.31. The summed E-state index contributed by atoms with van der Waals surface area (Å²) in [6.45, 7) is 5.57. The number of rotatable bonds is 3. The molecule has 22 heavy (non-hydrogen) atoms. The monoisotopic (exact) mass is 305 g/mol. The van der Waals surface area contributed by atoms with Gasteiger partial charge >= 0.3 is 5.69 Å². The molecule has 0 saturated carbocycles. The van der Waals surface area contributed by atoms with Gasteiger partial charge in [0, 0.05) is 26.2 Å². The molecule has 2 saturated heterocycles. The molecule has 1 aromatic rings. The van der Waals surface area contributed by atoms with E-state index in [-0.39, 0.29) is 10.6 Å². The van der Waals surface area contributed by atoms with Crippen molar-refractivity contribution in [3.8, 4) is 0 Å². The van der Waals surface area contributed by atoms with Gasteiger partial charge in [-0.3, -0.25) is 10.1 Å². The van der Waals surface area contributed by atoms with Crippen LogP contribution >= 0.6 is 0 Å². The van der Waals surface area contributed by atoms with Gasteiger partial charge in [-0.2, -0.15) is 0 Å². The molecule has 0 spiro atoms. The Labute approximate surface area is 130 Å². The number of nitrogens with zero attached hydrogens (tertiary/aromatic N) is 5. The third-order valence-electron chi connectivity index (χ3n) is 4.70. The van der Waals surface area contributed by atoms with Crippen molar-refractivity contribution >= 4 is 17.3 Å². The first-order valence-electron chi connectivity index (χ1n) is 8.16. The van der Waals surface area contributed by atoms with Crippen LogP contribution in [0.15, 0.2) is 6.33 Å². The molecule has 0 N–H and O–H groups in total. The van der Waals surface area contributed by atoms with Crippen LogP contribution in [0.1, 0.15) is 39.0 Å². The lowest BCUT2D eigenvalue weighted by atomic mass is 9.99. The van der Waals surface area contributed by atoms with Crippen molar-refractivity contribution in [1.82, 2.24) is 9.97 Å². The van der Waals surface area contributed by atoms with Gasteiger partial charge in [-0.05, 0) is 38.0 Å². The topological polar surface area (TPSA) is 75.4 Å². The van der Waals surface area contributed by atoms with Gasteiger partial charge in [0.25, 0.3) is 0 Å². The SMILES string of the molecule is CC1CCN(c2ncnc(N3CCCCC3)c2[N+](=O)[O-])CC1. The van der Waals surface area contributed by atoms with Crippen LogP contribution in [0.2, 0.25) is 0 Å². The van der Waals surface area contributed by atoms with E-state index >= 15 is 0 Å². The molecule has 0 atom stereocenters. The molecule has 7 heteroatoms. The molecule has 0 unspecified atom stereocenters. The zero-order valence-electron chi connectivity index (χ0n) is 13.1. The second kappa shape index (κ2) is 6.46. The largest absolute Gasteiger partial charge is 0.353 e. The van der Waals surface area contributed by atoms with E-state index in [9.17, 15) is 10.1 Å². The first kappa shape index (κ1) is 15.0. The van der Waals surface area contributed by atoms with Gasteiger partial charge in [-0.1, -0.05) is 6.92 Å². The van der Waals surface area contributed by atoms with Gasteiger partial charge in [0.2, 0.25) is 11.6 Å². The number of aromatic nitrogens is 2. The first-order chi connectivity index (χ1) is 10.7. The highest BCUT2D eigenvalue weighted by atomic mass is 16.6. The van der Waals surface area contributed by atoms with E-state index in [2.05, 4.69) is 16.9 Å². The van der Waals surface area contributed by atoms with E-state index in [1.807, 2.05) is 9.80 Å². The Bertz CT molecular complexity index is 537. The Morgan fingerprint density at radius 2 is 1.59 bits per heavy atom. The van der Waals surface area contributed by atoms with Crippen LogP contribution in [0, 0.1) is 16.0 Å². The number of hydrogen-bond donors (Lipinski definition) is 0. The Morgan fingerprint density at radius 1 is 1.05 bits per heavy atom. The van der Waals surface area contributed by atoms with Gasteiger partial charge in [-0.25, -0.2) is 9.97 Å². The van der Waals surface area contributed by atoms with Crippen molar-refractivity contribution in [1.29, 1.82) is 0 Å². The van der Waals surface area contributed by atoms with E-state index in [1.54, 1.807) is 0 Å². The number of piperidine rings is 2. The predicted molar refractivity (Wildman–Crippen MR) is 85.4 cm³/mol. The predicted octanol–water partition coefficient (Wildman–Crippen LogP) is 2.61. The third kappa shape index (κ3) is 2.98. The average Bonchev–Trinajstić information content (AvgIpc) is 2.55. The van der Waals surface area contributed by atoms with Crippen molar-refractivity contribution in [3.63, 3.8) is 0 Å². The molecule has 0 bridgehead atoms.